The van der Waals surface area contributed by atoms with Crippen molar-refractivity contribution in [2.24, 2.45) is 0 Å². The van der Waals surface area contributed by atoms with E-state index >= 15 is 0 Å². The molecule has 0 saturated heterocycles. The summed E-state index contributed by atoms with van der Waals surface area (Å²) in [6, 6.07) is 7.91. The highest BCUT2D eigenvalue weighted by molar-refractivity contribution is 7.90. The minimum Gasteiger partial charge on any atom is -0.349 e. The number of unbranched alkanes of at least 4 members (excludes halogenated alkanes) is 1. The largest absolute Gasteiger partial charge is 0.349 e. The molecule has 6 heteroatoms. The molecule has 1 amide bonds. The molecule has 2 rings (SSSR count). The third-order valence-corrected chi connectivity index (χ3v) is 7.48. The fourth-order valence-corrected chi connectivity index (χ4v) is 4.25. The van der Waals surface area contributed by atoms with Crippen molar-refractivity contribution in [3.8, 4) is 0 Å². The van der Waals surface area contributed by atoms with Crippen LogP contribution < -0.4 is 10.0 Å². The second-order valence-electron chi connectivity index (χ2n) is 8.56. The van der Waals surface area contributed by atoms with Crippen LogP contribution in [-0.2, 0) is 16.4 Å². The molecule has 1 aliphatic rings. The Kier molecular flexibility index (Phi) is 7.46. The number of benzene rings is 1. The van der Waals surface area contributed by atoms with Crippen molar-refractivity contribution < 1.29 is 13.2 Å². The van der Waals surface area contributed by atoms with Crippen LogP contribution in [0, 0.1) is 0 Å². The number of sulfonamides is 1. The molecule has 27 heavy (non-hydrogen) atoms. The van der Waals surface area contributed by atoms with Crippen LogP contribution in [0.4, 0.5) is 0 Å². The molecule has 0 unspecified atom stereocenters. The molecule has 1 aromatic rings. The highest BCUT2D eigenvalue weighted by Crippen LogP contribution is 2.22. The zero-order valence-corrected chi connectivity index (χ0v) is 17.9. The van der Waals surface area contributed by atoms with Gasteiger partial charge in [0.05, 0.1) is 4.75 Å². The molecule has 0 bridgehead atoms. The summed E-state index contributed by atoms with van der Waals surface area (Å²) < 4.78 is 26.6. The van der Waals surface area contributed by atoms with Crippen LogP contribution in [0.2, 0.25) is 0 Å². The van der Waals surface area contributed by atoms with Crippen LogP contribution >= 0.6 is 0 Å². The highest BCUT2D eigenvalue weighted by Gasteiger charge is 2.33. The zero-order valence-electron chi connectivity index (χ0n) is 17.0. The quantitative estimate of drug-likeness (QED) is 0.739. The van der Waals surface area contributed by atoms with Crippen molar-refractivity contribution in [3.63, 3.8) is 0 Å². The Morgan fingerprint density at radius 2 is 1.59 bits per heavy atom. The molecule has 0 atom stereocenters. The molecule has 0 heterocycles. The summed E-state index contributed by atoms with van der Waals surface area (Å²) in [6.45, 7) is 7.28. The molecule has 2 N–H and O–H groups in total. The molecule has 1 aromatic carbocycles. The van der Waals surface area contributed by atoms with Crippen LogP contribution in [-0.4, -0.2) is 31.2 Å². The second kappa shape index (κ2) is 9.20. The Balaban J connectivity index is 1.82. The van der Waals surface area contributed by atoms with Gasteiger partial charge in [-0.25, -0.2) is 13.1 Å². The Morgan fingerprint density at radius 3 is 2.11 bits per heavy atom. The van der Waals surface area contributed by atoms with Gasteiger partial charge in [0.2, 0.25) is 10.0 Å². The monoisotopic (exact) mass is 394 g/mol. The first-order chi connectivity index (χ1) is 12.6. The maximum absolute atomic E-state index is 12.5. The number of hydrogen-bond acceptors (Lipinski definition) is 3. The number of nitrogens with one attached hydrogen (secondary N) is 2. The van der Waals surface area contributed by atoms with Gasteiger partial charge in [-0.1, -0.05) is 25.5 Å². The molecular weight excluding hydrogens is 360 g/mol. The number of hydrogen-bond donors (Lipinski definition) is 2. The van der Waals surface area contributed by atoms with E-state index < -0.39 is 14.8 Å². The molecule has 0 aromatic heterocycles. The van der Waals surface area contributed by atoms with Gasteiger partial charge in [-0.05, 0) is 77.0 Å². The smallest absolute Gasteiger partial charge is 0.251 e. The molecule has 1 saturated carbocycles. The summed E-state index contributed by atoms with van der Waals surface area (Å²) in [4.78, 5) is 12.5. The van der Waals surface area contributed by atoms with Crippen molar-refractivity contribution in [1.82, 2.24) is 10.0 Å². The van der Waals surface area contributed by atoms with Gasteiger partial charge < -0.3 is 5.32 Å². The summed E-state index contributed by atoms with van der Waals surface area (Å²) >= 11 is 0. The predicted molar refractivity (Wildman–Crippen MR) is 110 cm³/mol. The standard InChI is InChI=1S/C21H34N2O3S/c1-5-6-7-16-8-10-17(11-9-16)20(24)22-18-12-14-19(15-13-18)23-27(25,26)21(2,3)4/h8-11,18-19,23H,5-7,12-15H2,1-4H3,(H,22,24). The topological polar surface area (TPSA) is 75.3 Å². The zero-order chi connectivity index (χ0) is 20.1. The summed E-state index contributed by atoms with van der Waals surface area (Å²) in [5, 5.41) is 3.10. The molecule has 0 aliphatic heterocycles. The Morgan fingerprint density at radius 1 is 1.04 bits per heavy atom. The normalized spacial score (nSPS) is 21.0. The molecule has 5 nitrogen and oxygen atoms in total. The van der Waals surface area contributed by atoms with E-state index in [-0.39, 0.29) is 18.0 Å². The number of carbonyl (C=O) groups is 1. The molecular formula is C21H34N2O3S. The Hall–Kier alpha value is -1.40. The lowest BCUT2D eigenvalue weighted by Crippen LogP contribution is -2.48. The summed E-state index contributed by atoms with van der Waals surface area (Å²) in [5.74, 6) is -0.0456. The number of amides is 1. The van der Waals surface area contributed by atoms with Gasteiger partial charge in [-0.3, -0.25) is 4.79 Å². The first-order valence-corrected chi connectivity index (χ1v) is 11.5. The average Bonchev–Trinajstić information content (AvgIpc) is 2.61. The van der Waals surface area contributed by atoms with Gasteiger partial charge in [0, 0.05) is 17.6 Å². The first kappa shape index (κ1) is 21.9. The lowest BCUT2D eigenvalue weighted by molar-refractivity contribution is 0.0925. The SMILES string of the molecule is CCCCc1ccc(C(=O)NC2CCC(NS(=O)(=O)C(C)(C)C)CC2)cc1. The van der Waals surface area contributed by atoms with E-state index in [0.717, 1.165) is 44.9 Å². The fraction of sp³-hybridized carbons (Fsp3) is 0.667. The van der Waals surface area contributed by atoms with Crippen LogP contribution in [0.15, 0.2) is 24.3 Å². The highest BCUT2D eigenvalue weighted by atomic mass is 32.2. The van der Waals surface area contributed by atoms with E-state index in [1.54, 1.807) is 20.8 Å². The van der Waals surface area contributed by atoms with E-state index in [0.29, 0.717) is 5.56 Å². The molecule has 1 aliphatic carbocycles. The molecule has 0 radical (unpaired) electrons. The summed E-state index contributed by atoms with van der Waals surface area (Å²) in [7, 11) is -3.33. The predicted octanol–water partition coefficient (Wildman–Crippen LogP) is 3.79. The Labute approximate surface area is 164 Å². The van der Waals surface area contributed by atoms with Crippen molar-refractivity contribution >= 4 is 15.9 Å². The third-order valence-electron chi connectivity index (χ3n) is 5.23. The van der Waals surface area contributed by atoms with E-state index in [1.807, 2.05) is 24.3 Å². The van der Waals surface area contributed by atoms with Crippen LogP contribution in [0.3, 0.4) is 0 Å². The second-order valence-corrected chi connectivity index (χ2v) is 11.0. The van der Waals surface area contributed by atoms with Gasteiger partial charge in [-0.2, -0.15) is 0 Å². The Bertz CT molecular complexity index is 713. The van der Waals surface area contributed by atoms with E-state index in [2.05, 4.69) is 17.0 Å². The first-order valence-electron chi connectivity index (χ1n) is 10.0. The maximum atomic E-state index is 12.5. The van der Waals surface area contributed by atoms with Gasteiger partial charge >= 0.3 is 0 Å². The van der Waals surface area contributed by atoms with Gasteiger partial charge in [0.15, 0.2) is 0 Å². The number of carbonyl (C=O) groups excluding carboxylic acids is 1. The third kappa shape index (κ3) is 6.32. The van der Waals surface area contributed by atoms with Gasteiger partial charge in [-0.15, -0.1) is 0 Å². The maximum Gasteiger partial charge on any atom is 0.251 e. The average molecular weight is 395 g/mol. The van der Waals surface area contributed by atoms with Crippen molar-refractivity contribution in [2.75, 3.05) is 0 Å². The van der Waals surface area contributed by atoms with Crippen LogP contribution in [0.25, 0.3) is 0 Å². The van der Waals surface area contributed by atoms with Crippen LogP contribution in [0.5, 0.6) is 0 Å². The van der Waals surface area contributed by atoms with Gasteiger partial charge in [0.1, 0.15) is 0 Å². The molecule has 0 spiro atoms. The lowest BCUT2D eigenvalue weighted by Gasteiger charge is -2.31. The van der Waals surface area contributed by atoms with Gasteiger partial charge in [0.25, 0.3) is 5.91 Å². The van der Waals surface area contributed by atoms with Crippen LogP contribution in [0.1, 0.15) is 82.1 Å². The van der Waals surface area contributed by atoms with E-state index in [9.17, 15) is 13.2 Å². The van der Waals surface area contributed by atoms with E-state index in [4.69, 9.17) is 0 Å². The van der Waals surface area contributed by atoms with Crippen molar-refractivity contribution in [2.45, 2.75) is 89.5 Å². The fourth-order valence-electron chi connectivity index (χ4n) is 3.22. The number of aryl methyl sites for hydroxylation is 1. The van der Waals surface area contributed by atoms with Crippen molar-refractivity contribution in [1.29, 1.82) is 0 Å². The molecule has 1 fully saturated rings. The lowest BCUT2D eigenvalue weighted by atomic mass is 9.91. The minimum atomic E-state index is -3.33. The summed E-state index contributed by atoms with van der Waals surface area (Å²) in [6.07, 6.45) is 6.44. The summed E-state index contributed by atoms with van der Waals surface area (Å²) in [5.41, 5.74) is 1.95. The minimum absolute atomic E-state index is 0.0415. The molecule has 152 valence electrons. The van der Waals surface area contributed by atoms with Crippen molar-refractivity contribution in [3.05, 3.63) is 35.4 Å². The number of rotatable bonds is 7. The van der Waals surface area contributed by atoms with E-state index in [1.165, 1.54) is 5.56 Å².